The minimum absolute atomic E-state index is 0.0291. The van der Waals surface area contributed by atoms with E-state index in [-0.39, 0.29) is 6.61 Å². The second-order valence-electron chi connectivity index (χ2n) is 2.05. The SMILES string of the molecule is N#CCOc1ccccc1C#N. The van der Waals surface area contributed by atoms with Crippen LogP contribution in [0.15, 0.2) is 24.3 Å². The molecule has 3 nitrogen and oxygen atoms in total. The van der Waals surface area contributed by atoms with E-state index in [1.54, 1.807) is 24.3 Å². The molecule has 0 aromatic heterocycles. The van der Waals surface area contributed by atoms with Crippen LogP contribution in [0.25, 0.3) is 0 Å². The lowest BCUT2D eigenvalue weighted by Gasteiger charge is -2.01. The second kappa shape index (κ2) is 4.00. The molecule has 0 unspecified atom stereocenters. The molecular weight excluding hydrogens is 152 g/mol. The topological polar surface area (TPSA) is 56.8 Å². The first-order valence-corrected chi connectivity index (χ1v) is 3.37. The summed E-state index contributed by atoms with van der Waals surface area (Å²) >= 11 is 0. The number of para-hydroxylation sites is 1. The number of hydrogen-bond donors (Lipinski definition) is 0. The van der Waals surface area contributed by atoms with Crippen molar-refractivity contribution in [3.8, 4) is 17.9 Å². The first kappa shape index (κ1) is 8.10. The summed E-state index contributed by atoms with van der Waals surface area (Å²) in [7, 11) is 0. The Hall–Kier alpha value is -2.00. The maximum Gasteiger partial charge on any atom is 0.174 e. The van der Waals surface area contributed by atoms with Crippen LogP contribution in [-0.2, 0) is 0 Å². The van der Waals surface area contributed by atoms with E-state index in [2.05, 4.69) is 0 Å². The Balaban J connectivity index is 2.86. The Morgan fingerprint density at radius 1 is 1.25 bits per heavy atom. The fraction of sp³-hybridized carbons (Fsp3) is 0.111. The molecule has 0 atom stereocenters. The number of rotatable bonds is 2. The van der Waals surface area contributed by atoms with Crippen molar-refractivity contribution in [2.24, 2.45) is 0 Å². The zero-order chi connectivity index (χ0) is 8.81. The molecule has 3 heteroatoms. The molecule has 0 aliphatic carbocycles. The normalized spacial score (nSPS) is 8.17. The van der Waals surface area contributed by atoms with Crippen molar-refractivity contribution < 1.29 is 4.74 Å². The summed E-state index contributed by atoms with van der Waals surface area (Å²) < 4.78 is 4.99. The van der Waals surface area contributed by atoms with Crippen LogP contribution in [-0.4, -0.2) is 6.61 Å². The maximum atomic E-state index is 8.60. The Morgan fingerprint density at radius 2 is 2.00 bits per heavy atom. The smallest absolute Gasteiger partial charge is 0.174 e. The van der Waals surface area contributed by atoms with Gasteiger partial charge in [0, 0.05) is 0 Å². The number of benzene rings is 1. The van der Waals surface area contributed by atoms with Crippen LogP contribution in [0.4, 0.5) is 0 Å². The van der Waals surface area contributed by atoms with E-state index < -0.39 is 0 Å². The van der Waals surface area contributed by atoms with Crippen molar-refractivity contribution >= 4 is 0 Å². The van der Waals surface area contributed by atoms with Crippen molar-refractivity contribution in [2.75, 3.05) is 6.61 Å². The molecule has 0 saturated heterocycles. The van der Waals surface area contributed by atoms with Crippen LogP contribution in [0.2, 0.25) is 0 Å². The Labute approximate surface area is 70.4 Å². The van der Waals surface area contributed by atoms with Gasteiger partial charge < -0.3 is 4.74 Å². The van der Waals surface area contributed by atoms with E-state index in [1.165, 1.54) is 0 Å². The molecule has 0 aliphatic heterocycles. The van der Waals surface area contributed by atoms with E-state index in [1.807, 2.05) is 12.1 Å². The quantitative estimate of drug-likeness (QED) is 0.654. The van der Waals surface area contributed by atoms with Crippen LogP contribution >= 0.6 is 0 Å². The molecule has 0 bridgehead atoms. The summed E-state index contributed by atoms with van der Waals surface area (Å²) in [5, 5.41) is 16.8. The highest BCUT2D eigenvalue weighted by Crippen LogP contribution is 2.15. The van der Waals surface area contributed by atoms with Gasteiger partial charge in [-0.15, -0.1) is 0 Å². The summed E-state index contributed by atoms with van der Waals surface area (Å²) in [6.07, 6.45) is 0. The third kappa shape index (κ3) is 1.74. The molecular formula is C9H6N2O. The van der Waals surface area contributed by atoms with E-state index in [9.17, 15) is 0 Å². The molecule has 0 amide bonds. The summed E-state index contributed by atoms with van der Waals surface area (Å²) in [5.74, 6) is 0.460. The van der Waals surface area contributed by atoms with E-state index >= 15 is 0 Å². The fourth-order valence-corrected chi connectivity index (χ4v) is 0.795. The lowest BCUT2D eigenvalue weighted by Crippen LogP contribution is -1.95. The lowest BCUT2D eigenvalue weighted by molar-refractivity contribution is 0.367. The van der Waals surface area contributed by atoms with Gasteiger partial charge in [-0.25, -0.2) is 0 Å². The first-order valence-electron chi connectivity index (χ1n) is 3.37. The number of ether oxygens (including phenoxy) is 1. The molecule has 1 aromatic rings. The van der Waals surface area contributed by atoms with E-state index in [4.69, 9.17) is 15.3 Å². The van der Waals surface area contributed by atoms with Crippen molar-refractivity contribution in [2.45, 2.75) is 0 Å². The summed E-state index contributed by atoms with van der Waals surface area (Å²) in [4.78, 5) is 0. The highest BCUT2D eigenvalue weighted by molar-refractivity contribution is 5.42. The van der Waals surface area contributed by atoms with Crippen LogP contribution in [0.5, 0.6) is 5.75 Å². The molecule has 1 aromatic carbocycles. The number of hydrogen-bond acceptors (Lipinski definition) is 3. The molecule has 0 spiro atoms. The molecule has 0 saturated carbocycles. The molecule has 58 valence electrons. The average molecular weight is 158 g/mol. The second-order valence-corrected chi connectivity index (χ2v) is 2.05. The predicted octanol–water partition coefficient (Wildman–Crippen LogP) is 1.46. The molecule has 0 aliphatic rings. The molecule has 0 fully saturated rings. The van der Waals surface area contributed by atoms with Crippen LogP contribution in [0, 0.1) is 22.7 Å². The van der Waals surface area contributed by atoms with Crippen molar-refractivity contribution in [1.29, 1.82) is 10.5 Å². The van der Waals surface area contributed by atoms with Gasteiger partial charge in [-0.3, -0.25) is 0 Å². The van der Waals surface area contributed by atoms with Crippen molar-refractivity contribution in [3.63, 3.8) is 0 Å². The molecule has 0 radical (unpaired) electrons. The van der Waals surface area contributed by atoms with Gasteiger partial charge in [-0.1, -0.05) is 12.1 Å². The fourth-order valence-electron chi connectivity index (χ4n) is 0.795. The van der Waals surface area contributed by atoms with Gasteiger partial charge in [-0.2, -0.15) is 10.5 Å². The largest absolute Gasteiger partial charge is 0.477 e. The molecule has 12 heavy (non-hydrogen) atoms. The highest BCUT2D eigenvalue weighted by Gasteiger charge is 1.99. The van der Waals surface area contributed by atoms with Crippen LogP contribution in [0.1, 0.15) is 5.56 Å². The van der Waals surface area contributed by atoms with Gasteiger partial charge in [0.1, 0.15) is 17.9 Å². The molecule has 0 heterocycles. The minimum atomic E-state index is -0.0291. The third-order valence-corrected chi connectivity index (χ3v) is 1.30. The van der Waals surface area contributed by atoms with E-state index in [0.29, 0.717) is 11.3 Å². The third-order valence-electron chi connectivity index (χ3n) is 1.30. The van der Waals surface area contributed by atoms with Gasteiger partial charge in [0.15, 0.2) is 6.61 Å². The average Bonchev–Trinajstić information content (AvgIpc) is 2.15. The van der Waals surface area contributed by atoms with Crippen LogP contribution in [0.3, 0.4) is 0 Å². The summed E-state index contributed by atoms with van der Waals surface area (Å²) in [6.45, 7) is -0.0291. The summed E-state index contributed by atoms with van der Waals surface area (Å²) in [5.41, 5.74) is 0.452. The minimum Gasteiger partial charge on any atom is -0.477 e. The molecule has 1 rings (SSSR count). The predicted molar refractivity (Wildman–Crippen MR) is 42.3 cm³/mol. The zero-order valence-corrected chi connectivity index (χ0v) is 6.32. The lowest BCUT2D eigenvalue weighted by atomic mass is 10.2. The van der Waals surface area contributed by atoms with Crippen molar-refractivity contribution in [3.05, 3.63) is 29.8 Å². The van der Waals surface area contributed by atoms with Crippen molar-refractivity contribution in [1.82, 2.24) is 0 Å². The molecule has 0 N–H and O–H groups in total. The van der Waals surface area contributed by atoms with Gasteiger partial charge >= 0.3 is 0 Å². The van der Waals surface area contributed by atoms with Crippen LogP contribution < -0.4 is 4.74 Å². The van der Waals surface area contributed by atoms with Gasteiger partial charge in [0.25, 0.3) is 0 Å². The summed E-state index contributed by atoms with van der Waals surface area (Å²) in [6, 6.07) is 10.6. The Bertz CT molecular complexity index is 346. The van der Waals surface area contributed by atoms with E-state index in [0.717, 1.165) is 0 Å². The maximum absolute atomic E-state index is 8.60. The number of nitrogens with zero attached hydrogens (tertiary/aromatic N) is 2. The Morgan fingerprint density at radius 3 is 2.67 bits per heavy atom. The van der Waals surface area contributed by atoms with Gasteiger partial charge in [0.2, 0.25) is 0 Å². The zero-order valence-electron chi connectivity index (χ0n) is 6.32. The number of nitriles is 2. The monoisotopic (exact) mass is 158 g/mol. The standard InChI is InChI=1S/C9H6N2O/c10-5-6-12-9-4-2-1-3-8(9)7-11/h1-4H,6H2. The first-order chi connectivity index (χ1) is 5.88. The highest BCUT2D eigenvalue weighted by atomic mass is 16.5. The van der Waals surface area contributed by atoms with Gasteiger partial charge in [0.05, 0.1) is 5.56 Å². The van der Waals surface area contributed by atoms with Gasteiger partial charge in [-0.05, 0) is 12.1 Å². The Kier molecular flexibility index (Phi) is 2.70.